The van der Waals surface area contributed by atoms with Crippen LogP contribution in [-0.2, 0) is 11.4 Å². The molecule has 1 aromatic carbocycles. The van der Waals surface area contributed by atoms with E-state index in [1.165, 1.54) is 4.90 Å². The lowest BCUT2D eigenvalue weighted by Crippen LogP contribution is -2.38. The molecule has 11 heteroatoms. The molecule has 1 N–H and O–H groups in total. The minimum Gasteiger partial charge on any atom is -0.485 e. The monoisotopic (exact) mass is 584 g/mol. The molecule has 2 aromatic heterocycles. The quantitative estimate of drug-likeness (QED) is 0.364. The molecule has 0 fully saturated rings. The summed E-state index contributed by atoms with van der Waals surface area (Å²) in [6, 6.07) is 7.38. The van der Waals surface area contributed by atoms with Gasteiger partial charge in [-0.1, -0.05) is 37.0 Å². The third-order valence-electron chi connectivity index (χ3n) is 4.65. The van der Waals surface area contributed by atoms with Gasteiger partial charge in [-0.2, -0.15) is 0 Å². The van der Waals surface area contributed by atoms with Crippen molar-refractivity contribution in [2.45, 2.75) is 33.4 Å². The van der Waals surface area contributed by atoms with Crippen LogP contribution >= 0.6 is 63.9 Å². The number of nitrogens with one attached hydrogen (secondary N) is 1. The second-order valence-corrected chi connectivity index (χ2v) is 8.73. The molecule has 0 aliphatic rings. The van der Waals surface area contributed by atoms with Crippen molar-refractivity contribution >= 4 is 81.2 Å². The summed E-state index contributed by atoms with van der Waals surface area (Å²) in [4.78, 5) is 18.5. The minimum atomic E-state index is -0.0951. The van der Waals surface area contributed by atoms with Crippen LogP contribution in [-0.4, -0.2) is 34.9 Å². The molecule has 0 aliphatic heterocycles. The number of carbonyl (C=O) groups is 1. The van der Waals surface area contributed by atoms with Gasteiger partial charge in [0, 0.05) is 29.9 Å². The minimum absolute atomic E-state index is 0. The number of imidazole rings is 1. The second kappa shape index (κ2) is 12.3. The van der Waals surface area contributed by atoms with Crippen molar-refractivity contribution in [2.75, 3.05) is 18.5 Å². The van der Waals surface area contributed by atoms with E-state index in [0.29, 0.717) is 32.7 Å². The number of aromatic nitrogens is 2. The first kappa shape index (κ1) is 28.8. The van der Waals surface area contributed by atoms with Crippen LogP contribution in [0.1, 0.15) is 25.1 Å². The molecule has 0 saturated heterocycles. The highest BCUT2D eigenvalue weighted by Crippen LogP contribution is 2.35. The lowest BCUT2D eigenvalue weighted by Gasteiger charge is -2.22. The number of benzene rings is 1. The van der Waals surface area contributed by atoms with E-state index in [1.807, 2.05) is 43.5 Å². The van der Waals surface area contributed by atoms with Crippen molar-refractivity contribution in [1.29, 1.82) is 0 Å². The molecule has 32 heavy (non-hydrogen) atoms. The Kier molecular flexibility index (Phi) is 11.1. The van der Waals surface area contributed by atoms with Gasteiger partial charge in [0.25, 0.3) is 0 Å². The van der Waals surface area contributed by atoms with Gasteiger partial charge in [-0.25, -0.2) is 4.98 Å². The Balaban J connectivity index is 0.00000256. The number of rotatable bonds is 7. The van der Waals surface area contributed by atoms with Crippen molar-refractivity contribution in [2.24, 2.45) is 0 Å². The van der Waals surface area contributed by atoms with Gasteiger partial charge in [0.15, 0.2) is 11.4 Å². The number of aryl methyl sites for hydroxylation is 1. The number of ether oxygens (including phenoxy) is 1. The van der Waals surface area contributed by atoms with E-state index < -0.39 is 0 Å². The fourth-order valence-corrected chi connectivity index (χ4v) is 3.89. The summed E-state index contributed by atoms with van der Waals surface area (Å²) >= 11 is 16.5. The number of fused-ring (bicyclic) bond motifs is 1. The average molecular weight is 587 g/mol. The Morgan fingerprint density at radius 1 is 1.28 bits per heavy atom. The molecule has 0 bridgehead atoms. The highest BCUT2D eigenvalue weighted by atomic mass is 79.9. The van der Waals surface area contributed by atoms with Crippen LogP contribution in [0.3, 0.4) is 0 Å². The summed E-state index contributed by atoms with van der Waals surface area (Å²) in [5, 5.41) is 3.97. The summed E-state index contributed by atoms with van der Waals surface area (Å²) in [5.41, 5.74) is 2.74. The van der Waals surface area contributed by atoms with Crippen molar-refractivity contribution in [3.63, 3.8) is 0 Å². The Hall–Kier alpha value is -1.22. The molecule has 0 radical (unpaired) electrons. The van der Waals surface area contributed by atoms with Crippen LogP contribution in [0.2, 0.25) is 10.0 Å². The number of hydrogen-bond acceptors (Lipinski definition) is 4. The molecular formula is C21H25BrCl4N4O2. The molecule has 176 valence electrons. The van der Waals surface area contributed by atoms with Crippen molar-refractivity contribution < 1.29 is 9.53 Å². The molecular weight excluding hydrogens is 562 g/mol. The summed E-state index contributed by atoms with van der Waals surface area (Å²) < 4.78 is 8.79. The van der Waals surface area contributed by atoms with Gasteiger partial charge in [-0.3, -0.25) is 9.20 Å². The lowest BCUT2D eigenvalue weighted by molar-refractivity contribution is -0.117. The predicted molar refractivity (Wildman–Crippen MR) is 139 cm³/mol. The third kappa shape index (κ3) is 6.22. The molecule has 0 atom stereocenters. The lowest BCUT2D eigenvalue weighted by atomic mass is 10.2. The Labute approximate surface area is 218 Å². The molecule has 3 aromatic rings. The predicted octanol–water partition coefficient (Wildman–Crippen LogP) is 6.10. The van der Waals surface area contributed by atoms with Crippen LogP contribution in [0.15, 0.2) is 35.1 Å². The highest BCUT2D eigenvalue weighted by molar-refractivity contribution is 9.10. The zero-order valence-electron chi connectivity index (χ0n) is 18.0. The summed E-state index contributed by atoms with van der Waals surface area (Å²) in [6.45, 7) is 6.24. The maximum Gasteiger partial charge on any atom is 0.240 e. The van der Waals surface area contributed by atoms with Crippen molar-refractivity contribution in [3.8, 4) is 5.75 Å². The van der Waals surface area contributed by atoms with E-state index in [2.05, 4.69) is 26.2 Å². The van der Waals surface area contributed by atoms with Crippen LogP contribution in [0.5, 0.6) is 5.75 Å². The van der Waals surface area contributed by atoms with Gasteiger partial charge in [0.2, 0.25) is 5.91 Å². The van der Waals surface area contributed by atoms with Crippen molar-refractivity contribution in [3.05, 3.63) is 56.4 Å². The normalized spacial score (nSPS) is 10.6. The topological polar surface area (TPSA) is 58.9 Å². The number of likely N-dealkylation sites (N-methyl/N-ethyl adjacent to an activating group) is 1. The van der Waals surface area contributed by atoms with E-state index in [9.17, 15) is 4.79 Å². The van der Waals surface area contributed by atoms with E-state index in [0.717, 1.165) is 10.3 Å². The van der Waals surface area contributed by atoms with E-state index >= 15 is 0 Å². The zero-order chi connectivity index (χ0) is 22.0. The molecule has 0 saturated carbocycles. The van der Waals surface area contributed by atoms with Gasteiger partial charge < -0.3 is 15.0 Å². The largest absolute Gasteiger partial charge is 0.485 e. The summed E-state index contributed by atoms with van der Waals surface area (Å²) in [6.07, 6.45) is 1.90. The number of anilines is 1. The number of hydrogen-bond donors (Lipinski definition) is 1. The SMILES string of the molecule is Cc1nc2c(OCc3c(Cl)ccc(N(C)C(=O)CNC(C)C)c3Cl)cccn2c1Br.Cl.Cl. The van der Waals surface area contributed by atoms with Gasteiger partial charge >= 0.3 is 0 Å². The van der Waals surface area contributed by atoms with Gasteiger partial charge in [-0.05, 0) is 47.1 Å². The molecule has 0 aliphatic carbocycles. The van der Waals surface area contributed by atoms with Crippen LogP contribution < -0.4 is 15.0 Å². The van der Waals surface area contributed by atoms with E-state index in [1.54, 1.807) is 19.2 Å². The number of halogens is 5. The van der Waals surface area contributed by atoms with Crippen LogP contribution in [0.4, 0.5) is 5.69 Å². The maximum absolute atomic E-state index is 12.5. The van der Waals surface area contributed by atoms with Crippen LogP contribution in [0.25, 0.3) is 5.65 Å². The standard InChI is InChI=1S/C21H23BrCl2N4O2.2ClH/c1-12(2)25-10-18(29)27(4)16-8-7-15(23)14(19(16)24)11-30-17-6-5-9-28-20(22)13(3)26-21(17)28;;/h5-9,12,25H,10-11H2,1-4H3;2*1H. The Morgan fingerprint density at radius 3 is 2.62 bits per heavy atom. The molecule has 1 amide bonds. The summed E-state index contributed by atoms with van der Waals surface area (Å²) in [5.74, 6) is 0.511. The molecule has 3 rings (SSSR count). The van der Waals surface area contributed by atoms with Gasteiger partial charge in [-0.15, -0.1) is 24.8 Å². The Morgan fingerprint density at radius 2 is 1.97 bits per heavy atom. The number of amides is 1. The van der Waals surface area contributed by atoms with Gasteiger partial charge in [0.05, 0.1) is 22.9 Å². The first-order valence-electron chi connectivity index (χ1n) is 9.43. The number of carbonyl (C=O) groups excluding carboxylic acids is 1. The number of pyridine rings is 1. The van der Waals surface area contributed by atoms with Gasteiger partial charge in [0.1, 0.15) is 11.2 Å². The first-order valence-corrected chi connectivity index (χ1v) is 11.0. The smallest absolute Gasteiger partial charge is 0.240 e. The highest BCUT2D eigenvalue weighted by Gasteiger charge is 2.19. The fourth-order valence-electron chi connectivity index (χ4n) is 2.91. The molecule has 2 heterocycles. The maximum atomic E-state index is 12.5. The second-order valence-electron chi connectivity index (χ2n) is 7.19. The zero-order valence-corrected chi connectivity index (χ0v) is 22.7. The van der Waals surface area contributed by atoms with E-state index in [4.69, 9.17) is 27.9 Å². The molecule has 6 nitrogen and oxygen atoms in total. The van der Waals surface area contributed by atoms with E-state index in [-0.39, 0.29) is 49.9 Å². The van der Waals surface area contributed by atoms with Crippen molar-refractivity contribution in [1.82, 2.24) is 14.7 Å². The number of nitrogens with zero attached hydrogens (tertiary/aromatic N) is 3. The van der Waals surface area contributed by atoms with Crippen LogP contribution in [0, 0.1) is 6.92 Å². The summed E-state index contributed by atoms with van der Waals surface area (Å²) in [7, 11) is 1.69. The third-order valence-corrected chi connectivity index (χ3v) is 6.38. The first-order chi connectivity index (χ1) is 14.2. The average Bonchev–Trinajstić information content (AvgIpc) is 3.00. The molecule has 0 spiro atoms. The Bertz CT molecular complexity index is 1090. The molecule has 0 unspecified atom stereocenters. The fraction of sp³-hybridized carbons (Fsp3) is 0.333.